The molecule has 0 aliphatic rings. The number of halogens is 2. The number of thiophene rings is 1. The molecular formula is C13H14F2N2OS. The zero-order chi connectivity index (χ0) is 14.2. The summed E-state index contributed by atoms with van der Waals surface area (Å²) in [6, 6.07) is 5.70. The molecule has 6 heteroatoms. The molecule has 0 saturated heterocycles. The summed E-state index contributed by atoms with van der Waals surface area (Å²) < 4.78 is 25.5. The molecule has 0 atom stereocenters. The van der Waals surface area contributed by atoms with E-state index in [9.17, 15) is 13.6 Å². The third-order valence-corrected chi connectivity index (χ3v) is 4.01. The first kappa shape index (κ1) is 13.7. The van der Waals surface area contributed by atoms with Gasteiger partial charge in [-0.1, -0.05) is 11.6 Å². The monoisotopic (exact) mass is 284 g/mol. The van der Waals surface area contributed by atoms with Gasteiger partial charge in [-0.15, -0.1) is 11.3 Å². The van der Waals surface area contributed by atoms with Crippen molar-refractivity contribution in [3.63, 3.8) is 0 Å². The maximum atomic E-state index is 12.3. The Bertz CT molecular complexity index is 624. The summed E-state index contributed by atoms with van der Waals surface area (Å²) in [5.41, 5.74) is 7.36. The van der Waals surface area contributed by atoms with Crippen LogP contribution in [0.4, 0.5) is 14.5 Å². The Balaban J connectivity index is 2.40. The van der Waals surface area contributed by atoms with E-state index in [1.807, 2.05) is 25.1 Å². The average molecular weight is 284 g/mol. The number of benzene rings is 1. The molecule has 0 bridgehead atoms. The Morgan fingerprint density at radius 3 is 2.79 bits per heavy atom. The van der Waals surface area contributed by atoms with E-state index < -0.39 is 18.9 Å². The van der Waals surface area contributed by atoms with Crippen molar-refractivity contribution >= 4 is 33.0 Å². The Morgan fingerprint density at radius 2 is 2.16 bits per heavy atom. The molecule has 0 aliphatic carbocycles. The van der Waals surface area contributed by atoms with Gasteiger partial charge in [0.15, 0.2) is 0 Å². The highest BCUT2D eigenvalue weighted by atomic mass is 32.1. The van der Waals surface area contributed by atoms with E-state index in [1.165, 1.54) is 18.4 Å². The van der Waals surface area contributed by atoms with Gasteiger partial charge in [-0.05, 0) is 19.1 Å². The summed E-state index contributed by atoms with van der Waals surface area (Å²) >= 11 is 1.24. The second kappa shape index (κ2) is 5.13. The summed E-state index contributed by atoms with van der Waals surface area (Å²) in [5, 5.41) is 0.804. The van der Waals surface area contributed by atoms with E-state index in [1.54, 1.807) is 0 Å². The molecule has 0 radical (unpaired) electrons. The zero-order valence-corrected chi connectivity index (χ0v) is 11.4. The smallest absolute Gasteiger partial charge is 0.266 e. The molecule has 2 N–H and O–H groups in total. The maximum Gasteiger partial charge on any atom is 0.266 e. The fraction of sp³-hybridized carbons (Fsp3) is 0.308. The van der Waals surface area contributed by atoms with Crippen LogP contribution < -0.4 is 5.73 Å². The first-order chi connectivity index (χ1) is 8.90. The van der Waals surface area contributed by atoms with Gasteiger partial charge in [-0.3, -0.25) is 4.79 Å². The van der Waals surface area contributed by atoms with E-state index in [-0.39, 0.29) is 0 Å². The van der Waals surface area contributed by atoms with Crippen LogP contribution in [0.1, 0.15) is 15.2 Å². The number of anilines is 1. The maximum absolute atomic E-state index is 12.3. The summed E-state index contributed by atoms with van der Waals surface area (Å²) in [5.74, 6) is -0.461. The summed E-state index contributed by atoms with van der Waals surface area (Å²) in [6.45, 7) is 1.34. The number of rotatable bonds is 3. The molecule has 0 fully saturated rings. The molecule has 1 amide bonds. The van der Waals surface area contributed by atoms with Crippen molar-refractivity contribution in [2.24, 2.45) is 0 Å². The third kappa shape index (κ3) is 2.68. The first-order valence-electron chi connectivity index (χ1n) is 5.72. The molecule has 2 rings (SSSR count). The lowest BCUT2D eigenvalue weighted by molar-refractivity contribution is 0.0625. The molecule has 19 heavy (non-hydrogen) atoms. The highest BCUT2D eigenvalue weighted by Crippen LogP contribution is 2.34. The van der Waals surface area contributed by atoms with Crippen molar-refractivity contribution in [2.45, 2.75) is 13.3 Å². The molecule has 0 aliphatic heterocycles. The SMILES string of the molecule is Cc1ccc2sc(C(=O)N(C)CC(F)F)c(N)c2c1. The fourth-order valence-corrected chi connectivity index (χ4v) is 2.95. The van der Waals surface area contributed by atoms with Gasteiger partial charge in [0.25, 0.3) is 12.3 Å². The molecule has 102 valence electrons. The third-order valence-electron chi connectivity index (χ3n) is 2.83. The zero-order valence-electron chi connectivity index (χ0n) is 10.6. The van der Waals surface area contributed by atoms with Crippen LogP contribution in [-0.4, -0.2) is 30.8 Å². The van der Waals surface area contributed by atoms with Crippen LogP contribution in [0.3, 0.4) is 0 Å². The molecular weight excluding hydrogens is 270 g/mol. The molecule has 2 aromatic rings. The number of nitrogens with zero attached hydrogens (tertiary/aromatic N) is 1. The number of hydrogen-bond donors (Lipinski definition) is 1. The van der Waals surface area contributed by atoms with Crippen LogP contribution in [-0.2, 0) is 0 Å². The van der Waals surface area contributed by atoms with Crippen molar-refractivity contribution < 1.29 is 13.6 Å². The van der Waals surface area contributed by atoms with Crippen molar-refractivity contribution in [2.75, 3.05) is 19.3 Å². The van der Waals surface area contributed by atoms with Gasteiger partial charge in [0.05, 0.1) is 12.2 Å². The van der Waals surface area contributed by atoms with E-state index in [0.29, 0.717) is 10.6 Å². The Labute approximate surface area is 113 Å². The summed E-state index contributed by atoms with van der Waals surface area (Å²) in [4.78, 5) is 13.4. The van der Waals surface area contributed by atoms with Crippen LogP contribution >= 0.6 is 11.3 Å². The molecule has 1 heterocycles. The van der Waals surface area contributed by atoms with Gasteiger partial charge in [-0.25, -0.2) is 8.78 Å². The number of hydrogen-bond acceptors (Lipinski definition) is 3. The minimum Gasteiger partial charge on any atom is -0.397 e. The lowest BCUT2D eigenvalue weighted by Gasteiger charge is -2.15. The highest BCUT2D eigenvalue weighted by molar-refractivity contribution is 7.21. The number of amides is 1. The van der Waals surface area contributed by atoms with Crippen molar-refractivity contribution in [3.05, 3.63) is 28.6 Å². The van der Waals surface area contributed by atoms with Gasteiger partial charge in [0, 0.05) is 17.1 Å². The van der Waals surface area contributed by atoms with Crippen LogP contribution in [0.25, 0.3) is 10.1 Å². The number of carbonyl (C=O) groups excluding carboxylic acids is 1. The minimum atomic E-state index is -2.55. The van der Waals surface area contributed by atoms with Gasteiger partial charge < -0.3 is 10.6 Å². The van der Waals surface area contributed by atoms with Crippen molar-refractivity contribution in [3.8, 4) is 0 Å². The van der Waals surface area contributed by atoms with Gasteiger partial charge in [0.2, 0.25) is 0 Å². The normalized spacial score (nSPS) is 11.2. The topological polar surface area (TPSA) is 46.3 Å². The van der Waals surface area contributed by atoms with Crippen LogP contribution in [0.2, 0.25) is 0 Å². The van der Waals surface area contributed by atoms with Crippen LogP contribution in [0, 0.1) is 6.92 Å². The summed E-state index contributed by atoms with van der Waals surface area (Å²) in [7, 11) is 1.35. The van der Waals surface area contributed by atoms with Crippen molar-refractivity contribution in [1.29, 1.82) is 0 Å². The summed E-state index contributed by atoms with van der Waals surface area (Å²) in [6.07, 6.45) is -2.55. The van der Waals surface area contributed by atoms with Crippen molar-refractivity contribution in [1.82, 2.24) is 4.90 Å². The Kier molecular flexibility index (Phi) is 3.71. The predicted molar refractivity (Wildman–Crippen MR) is 73.9 cm³/mol. The van der Waals surface area contributed by atoms with E-state index >= 15 is 0 Å². The quantitative estimate of drug-likeness (QED) is 0.941. The molecule has 1 aromatic carbocycles. The lowest BCUT2D eigenvalue weighted by atomic mass is 10.1. The second-order valence-corrected chi connectivity index (χ2v) is 5.47. The number of nitrogen functional groups attached to an aromatic ring is 1. The van der Waals surface area contributed by atoms with E-state index in [2.05, 4.69) is 0 Å². The van der Waals surface area contributed by atoms with E-state index in [4.69, 9.17) is 5.73 Å². The Hall–Kier alpha value is -1.69. The van der Waals surface area contributed by atoms with Crippen LogP contribution in [0.5, 0.6) is 0 Å². The largest absolute Gasteiger partial charge is 0.397 e. The standard InChI is InChI=1S/C13H14F2N2OS/c1-7-3-4-9-8(5-7)11(16)12(19-9)13(18)17(2)6-10(14)15/h3-5,10H,6,16H2,1-2H3. The number of fused-ring (bicyclic) bond motifs is 1. The molecule has 3 nitrogen and oxygen atoms in total. The van der Waals surface area contributed by atoms with Gasteiger partial charge in [-0.2, -0.15) is 0 Å². The Morgan fingerprint density at radius 1 is 1.47 bits per heavy atom. The number of nitrogens with two attached hydrogens (primary N) is 1. The first-order valence-corrected chi connectivity index (χ1v) is 6.54. The van der Waals surface area contributed by atoms with Crippen LogP contribution in [0.15, 0.2) is 18.2 Å². The van der Waals surface area contributed by atoms with Gasteiger partial charge >= 0.3 is 0 Å². The molecule has 0 saturated carbocycles. The number of aryl methyl sites for hydroxylation is 1. The molecule has 0 spiro atoms. The predicted octanol–water partition coefficient (Wildman–Crippen LogP) is 3.13. The fourth-order valence-electron chi connectivity index (χ4n) is 1.85. The highest BCUT2D eigenvalue weighted by Gasteiger charge is 2.21. The second-order valence-electron chi connectivity index (χ2n) is 4.42. The number of alkyl halides is 2. The molecule has 0 unspecified atom stereocenters. The molecule has 1 aromatic heterocycles. The minimum absolute atomic E-state index is 0.323. The number of carbonyl (C=O) groups is 1. The van der Waals surface area contributed by atoms with Gasteiger partial charge in [0.1, 0.15) is 4.88 Å². The lowest BCUT2D eigenvalue weighted by Crippen LogP contribution is -2.31. The van der Waals surface area contributed by atoms with E-state index in [0.717, 1.165) is 20.5 Å². The average Bonchev–Trinajstić information content (AvgIpc) is 2.65.